The zero-order valence-electron chi connectivity index (χ0n) is 7.48. The smallest absolute Gasteiger partial charge is 0.259 e. The SMILES string of the molecule is N#CCc1cnc(CBr)c(C(F)F)c1Cl. The lowest BCUT2D eigenvalue weighted by atomic mass is 10.1. The molecule has 1 aromatic rings. The fourth-order valence-electron chi connectivity index (χ4n) is 1.12. The molecule has 0 N–H and O–H groups in total. The lowest BCUT2D eigenvalue weighted by Crippen LogP contribution is -2.00. The Labute approximate surface area is 99.0 Å². The summed E-state index contributed by atoms with van der Waals surface area (Å²) >= 11 is 8.83. The molecule has 0 saturated heterocycles. The Morgan fingerprint density at radius 2 is 2.27 bits per heavy atom. The summed E-state index contributed by atoms with van der Waals surface area (Å²) in [7, 11) is 0. The van der Waals surface area contributed by atoms with Gasteiger partial charge in [0, 0.05) is 17.1 Å². The summed E-state index contributed by atoms with van der Waals surface area (Å²) in [5, 5.41) is 8.62. The van der Waals surface area contributed by atoms with Crippen molar-refractivity contribution in [1.29, 1.82) is 5.26 Å². The summed E-state index contributed by atoms with van der Waals surface area (Å²) in [6.07, 6.45) is -1.35. The van der Waals surface area contributed by atoms with Gasteiger partial charge in [0.05, 0.1) is 28.8 Å². The highest BCUT2D eigenvalue weighted by Gasteiger charge is 2.20. The first-order valence-corrected chi connectivity index (χ1v) is 5.49. The van der Waals surface area contributed by atoms with Crippen molar-refractivity contribution >= 4 is 27.5 Å². The molecule has 0 bridgehead atoms. The topological polar surface area (TPSA) is 36.7 Å². The van der Waals surface area contributed by atoms with E-state index in [1.165, 1.54) is 6.20 Å². The molecule has 1 heterocycles. The van der Waals surface area contributed by atoms with Crippen molar-refractivity contribution in [3.8, 4) is 6.07 Å². The predicted octanol–water partition coefficient (Wildman–Crippen LogP) is 3.63. The Bertz CT molecular complexity index is 404. The Kier molecular flexibility index (Phi) is 4.43. The summed E-state index contributed by atoms with van der Waals surface area (Å²) in [6, 6.07) is 1.85. The average molecular weight is 296 g/mol. The second-order valence-electron chi connectivity index (χ2n) is 2.73. The van der Waals surface area contributed by atoms with E-state index in [4.69, 9.17) is 16.9 Å². The van der Waals surface area contributed by atoms with E-state index in [9.17, 15) is 8.78 Å². The highest BCUT2D eigenvalue weighted by atomic mass is 79.9. The van der Waals surface area contributed by atoms with Crippen molar-refractivity contribution in [2.75, 3.05) is 0 Å². The van der Waals surface area contributed by atoms with Crippen LogP contribution in [-0.4, -0.2) is 4.98 Å². The van der Waals surface area contributed by atoms with Gasteiger partial charge in [-0.3, -0.25) is 4.98 Å². The van der Waals surface area contributed by atoms with Gasteiger partial charge in [-0.05, 0) is 0 Å². The molecule has 6 heteroatoms. The fraction of sp³-hybridized carbons (Fsp3) is 0.333. The van der Waals surface area contributed by atoms with E-state index in [1.54, 1.807) is 0 Å². The molecule has 0 amide bonds. The summed E-state index contributed by atoms with van der Waals surface area (Å²) < 4.78 is 25.3. The van der Waals surface area contributed by atoms with Gasteiger partial charge in [0.2, 0.25) is 0 Å². The Hall–Kier alpha value is -0.730. The molecule has 1 rings (SSSR count). The molecular weight excluding hydrogens is 289 g/mol. The van der Waals surface area contributed by atoms with Crippen LogP contribution in [0.5, 0.6) is 0 Å². The van der Waals surface area contributed by atoms with Crippen LogP contribution < -0.4 is 0 Å². The van der Waals surface area contributed by atoms with Crippen LogP contribution in [0.15, 0.2) is 6.20 Å². The minimum absolute atomic E-state index is 0.0197. The summed E-state index contributed by atoms with van der Waals surface area (Å²) in [4.78, 5) is 3.84. The summed E-state index contributed by atoms with van der Waals surface area (Å²) in [6.45, 7) is 0. The first-order chi connectivity index (χ1) is 7.11. The number of hydrogen-bond acceptors (Lipinski definition) is 2. The van der Waals surface area contributed by atoms with Crippen LogP contribution in [-0.2, 0) is 11.8 Å². The van der Waals surface area contributed by atoms with E-state index in [1.807, 2.05) is 6.07 Å². The second-order valence-corrected chi connectivity index (χ2v) is 3.67. The van der Waals surface area contributed by atoms with Crippen LogP contribution in [0.2, 0.25) is 5.02 Å². The minimum Gasteiger partial charge on any atom is -0.259 e. The Morgan fingerprint density at radius 3 is 2.73 bits per heavy atom. The minimum atomic E-state index is -2.68. The number of rotatable bonds is 3. The molecule has 0 radical (unpaired) electrons. The van der Waals surface area contributed by atoms with Gasteiger partial charge in [0.1, 0.15) is 0 Å². The maximum Gasteiger partial charge on any atom is 0.267 e. The molecule has 0 unspecified atom stereocenters. The van der Waals surface area contributed by atoms with Crippen molar-refractivity contribution < 1.29 is 8.78 Å². The third-order valence-electron chi connectivity index (χ3n) is 1.82. The maximum absolute atomic E-state index is 12.7. The number of nitriles is 1. The molecule has 1 aromatic heterocycles. The fourth-order valence-corrected chi connectivity index (χ4v) is 1.87. The van der Waals surface area contributed by atoms with Crippen LogP contribution in [0.4, 0.5) is 8.78 Å². The molecular formula is C9H6BrClF2N2. The van der Waals surface area contributed by atoms with Gasteiger partial charge in [-0.25, -0.2) is 8.78 Å². The van der Waals surface area contributed by atoms with E-state index in [0.29, 0.717) is 5.56 Å². The van der Waals surface area contributed by atoms with Crippen LogP contribution in [0.3, 0.4) is 0 Å². The van der Waals surface area contributed by atoms with E-state index >= 15 is 0 Å². The highest BCUT2D eigenvalue weighted by Crippen LogP contribution is 2.32. The number of nitrogens with zero attached hydrogens (tertiary/aromatic N) is 2. The summed E-state index contributed by atoms with van der Waals surface area (Å²) in [5.74, 6) is 0. The molecule has 0 spiro atoms. The van der Waals surface area contributed by atoms with Gasteiger partial charge in [-0.2, -0.15) is 5.26 Å². The van der Waals surface area contributed by atoms with Gasteiger partial charge in [-0.15, -0.1) is 0 Å². The van der Waals surface area contributed by atoms with Crippen LogP contribution in [0, 0.1) is 11.3 Å². The lowest BCUT2D eigenvalue weighted by molar-refractivity contribution is 0.150. The first-order valence-electron chi connectivity index (χ1n) is 3.99. The van der Waals surface area contributed by atoms with Crippen molar-refractivity contribution in [2.45, 2.75) is 18.2 Å². The number of hydrogen-bond donors (Lipinski definition) is 0. The first kappa shape index (κ1) is 12.3. The van der Waals surface area contributed by atoms with E-state index in [-0.39, 0.29) is 28.0 Å². The van der Waals surface area contributed by atoms with Crippen LogP contribution in [0.1, 0.15) is 23.2 Å². The molecule has 0 atom stereocenters. The van der Waals surface area contributed by atoms with Gasteiger partial charge in [-0.1, -0.05) is 27.5 Å². The maximum atomic E-state index is 12.7. The Balaban J connectivity index is 3.30. The van der Waals surface area contributed by atoms with Gasteiger partial charge in [0.15, 0.2) is 0 Å². The zero-order chi connectivity index (χ0) is 11.4. The normalized spacial score (nSPS) is 10.4. The number of alkyl halides is 3. The molecule has 0 aliphatic heterocycles. The molecule has 2 nitrogen and oxygen atoms in total. The Morgan fingerprint density at radius 1 is 1.60 bits per heavy atom. The van der Waals surface area contributed by atoms with Crippen molar-refractivity contribution in [2.24, 2.45) is 0 Å². The van der Waals surface area contributed by atoms with Crippen LogP contribution in [0.25, 0.3) is 0 Å². The monoisotopic (exact) mass is 294 g/mol. The molecule has 0 aromatic carbocycles. The van der Waals surface area contributed by atoms with Crippen molar-refractivity contribution in [3.05, 3.63) is 28.0 Å². The molecule has 0 aliphatic carbocycles. The molecule has 0 fully saturated rings. The van der Waals surface area contributed by atoms with Crippen LogP contribution >= 0.6 is 27.5 Å². The zero-order valence-corrected chi connectivity index (χ0v) is 9.82. The number of halogens is 4. The quantitative estimate of drug-likeness (QED) is 0.798. The summed E-state index contributed by atoms with van der Waals surface area (Å²) in [5.41, 5.74) is 0.247. The number of aromatic nitrogens is 1. The van der Waals surface area contributed by atoms with Gasteiger partial charge in [0.25, 0.3) is 6.43 Å². The standard InChI is InChI=1S/C9H6BrClF2N2/c10-3-6-7(9(12)13)8(11)5(1-2-14)4-15-6/h4,9H,1,3H2. The predicted molar refractivity (Wildman–Crippen MR) is 56.2 cm³/mol. The molecule has 15 heavy (non-hydrogen) atoms. The van der Waals surface area contributed by atoms with Crippen molar-refractivity contribution in [1.82, 2.24) is 4.98 Å². The average Bonchev–Trinajstić information content (AvgIpc) is 2.20. The van der Waals surface area contributed by atoms with Gasteiger partial charge < -0.3 is 0 Å². The largest absolute Gasteiger partial charge is 0.267 e. The van der Waals surface area contributed by atoms with Crippen molar-refractivity contribution in [3.63, 3.8) is 0 Å². The number of pyridine rings is 1. The molecule has 80 valence electrons. The highest BCUT2D eigenvalue weighted by molar-refractivity contribution is 9.08. The van der Waals surface area contributed by atoms with E-state index < -0.39 is 6.43 Å². The molecule has 0 aliphatic rings. The third-order valence-corrected chi connectivity index (χ3v) is 2.80. The van der Waals surface area contributed by atoms with E-state index in [0.717, 1.165) is 0 Å². The molecule has 0 saturated carbocycles. The van der Waals surface area contributed by atoms with Gasteiger partial charge >= 0.3 is 0 Å². The lowest BCUT2D eigenvalue weighted by Gasteiger charge is -2.10. The van der Waals surface area contributed by atoms with E-state index in [2.05, 4.69) is 20.9 Å². The third kappa shape index (κ3) is 2.64. The second kappa shape index (κ2) is 5.38.